The van der Waals surface area contributed by atoms with Crippen LogP contribution >= 0.6 is 0 Å². The Labute approximate surface area is 182 Å². The van der Waals surface area contributed by atoms with Gasteiger partial charge in [-0.25, -0.2) is 4.79 Å². The largest absolute Gasteiger partial charge is 0.467 e. The molecule has 2 aromatic rings. The van der Waals surface area contributed by atoms with Gasteiger partial charge < -0.3 is 14.6 Å². The molecule has 0 radical (unpaired) electrons. The zero-order valence-corrected chi connectivity index (χ0v) is 18.1. The van der Waals surface area contributed by atoms with Gasteiger partial charge in [-0.3, -0.25) is 14.5 Å². The maximum Gasteiger partial charge on any atom is 0.325 e. The third-order valence-corrected chi connectivity index (χ3v) is 6.52. The van der Waals surface area contributed by atoms with Crippen LogP contribution in [0.3, 0.4) is 0 Å². The van der Waals surface area contributed by atoms with E-state index in [0.717, 1.165) is 12.0 Å². The molecule has 0 bridgehead atoms. The third kappa shape index (κ3) is 3.96. The molecule has 1 aromatic carbocycles. The number of benzene rings is 1. The van der Waals surface area contributed by atoms with Crippen molar-refractivity contribution in [3.8, 4) is 0 Å². The number of furan rings is 1. The molecule has 1 N–H and O–H groups in total. The fourth-order valence-electron chi connectivity index (χ4n) is 4.85. The number of amides is 4. The summed E-state index contributed by atoms with van der Waals surface area (Å²) in [6.07, 6.45) is 4.26. The highest BCUT2D eigenvalue weighted by Crippen LogP contribution is 2.37. The van der Waals surface area contributed by atoms with Crippen LogP contribution in [0.15, 0.2) is 47.1 Å². The van der Waals surface area contributed by atoms with E-state index in [1.807, 2.05) is 43.0 Å². The number of carbonyl (C=O) groups is 3. The van der Waals surface area contributed by atoms with Gasteiger partial charge in [0.25, 0.3) is 11.8 Å². The average molecular weight is 424 g/mol. The standard InChI is InChI=1S/C24H29N3O4/c1-3-12-24(22(29)27(23(30)25-24)16-20-5-4-15-31-20)19-10-13-26(14-11-19)21(28)18-8-6-17(2)7-9-18/h4-9,15,19H,3,10-14,16H2,1-2H3,(H,25,30). The Bertz CT molecular complexity index is 946. The number of hydrogen-bond acceptors (Lipinski definition) is 4. The Balaban J connectivity index is 1.47. The summed E-state index contributed by atoms with van der Waals surface area (Å²) in [5.74, 6) is 0.408. The Morgan fingerprint density at radius 2 is 1.87 bits per heavy atom. The minimum Gasteiger partial charge on any atom is -0.467 e. The van der Waals surface area contributed by atoms with E-state index in [2.05, 4.69) is 5.32 Å². The number of urea groups is 1. The Kier molecular flexibility index (Phi) is 5.85. The molecule has 4 rings (SSSR count). The lowest BCUT2D eigenvalue weighted by atomic mass is 9.74. The predicted octanol–water partition coefficient (Wildman–Crippen LogP) is 3.73. The third-order valence-electron chi connectivity index (χ3n) is 6.52. The summed E-state index contributed by atoms with van der Waals surface area (Å²) in [6.45, 7) is 5.30. The molecule has 3 heterocycles. The van der Waals surface area contributed by atoms with Crippen molar-refractivity contribution in [3.05, 3.63) is 59.5 Å². The van der Waals surface area contributed by atoms with E-state index in [4.69, 9.17) is 4.42 Å². The second-order valence-corrected chi connectivity index (χ2v) is 8.55. The predicted molar refractivity (Wildman–Crippen MR) is 115 cm³/mol. The molecule has 164 valence electrons. The number of piperidine rings is 1. The van der Waals surface area contributed by atoms with Gasteiger partial charge in [0.15, 0.2) is 0 Å². The molecule has 7 heteroatoms. The SMILES string of the molecule is CCCC1(C2CCN(C(=O)c3ccc(C)cc3)CC2)NC(=O)N(Cc2ccco2)C1=O. The van der Waals surface area contributed by atoms with Crippen LogP contribution in [0.4, 0.5) is 4.79 Å². The molecule has 2 fully saturated rings. The van der Waals surface area contributed by atoms with Gasteiger partial charge >= 0.3 is 6.03 Å². The molecular formula is C24H29N3O4. The van der Waals surface area contributed by atoms with Gasteiger partial charge in [0.05, 0.1) is 12.8 Å². The summed E-state index contributed by atoms with van der Waals surface area (Å²) < 4.78 is 5.34. The second kappa shape index (κ2) is 8.57. The first kappa shape index (κ1) is 21.2. The van der Waals surface area contributed by atoms with E-state index >= 15 is 0 Å². The number of carbonyl (C=O) groups excluding carboxylic acids is 3. The summed E-state index contributed by atoms with van der Waals surface area (Å²) >= 11 is 0. The van der Waals surface area contributed by atoms with Crippen LogP contribution in [-0.2, 0) is 11.3 Å². The molecule has 7 nitrogen and oxygen atoms in total. The first-order valence-electron chi connectivity index (χ1n) is 11.0. The zero-order valence-electron chi connectivity index (χ0n) is 18.1. The maximum atomic E-state index is 13.4. The number of likely N-dealkylation sites (tertiary alicyclic amines) is 1. The summed E-state index contributed by atoms with van der Waals surface area (Å²) in [4.78, 5) is 42.1. The van der Waals surface area contributed by atoms with Crippen molar-refractivity contribution in [2.75, 3.05) is 13.1 Å². The number of aryl methyl sites for hydroxylation is 1. The second-order valence-electron chi connectivity index (χ2n) is 8.55. The van der Waals surface area contributed by atoms with Crippen LogP contribution in [-0.4, -0.2) is 46.3 Å². The molecule has 1 aromatic heterocycles. The highest BCUT2D eigenvalue weighted by Gasteiger charge is 2.55. The van der Waals surface area contributed by atoms with Gasteiger partial charge in [-0.05, 0) is 56.4 Å². The number of nitrogens with one attached hydrogen (secondary N) is 1. The molecule has 0 aliphatic carbocycles. The minimum atomic E-state index is -0.905. The molecular weight excluding hydrogens is 394 g/mol. The monoisotopic (exact) mass is 423 g/mol. The first-order chi connectivity index (χ1) is 14.9. The van der Waals surface area contributed by atoms with Crippen molar-refractivity contribution in [1.29, 1.82) is 0 Å². The molecule has 4 amide bonds. The molecule has 1 atom stereocenters. The van der Waals surface area contributed by atoms with Crippen LogP contribution in [0.1, 0.15) is 54.3 Å². The topological polar surface area (TPSA) is 82.9 Å². The molecule has 2 aliphatic rings. The van der Waals surface area contributed by atoms with Crippen molar-refractivity contribution in [2.24, 2.45) is 5.92 Å². The van der Waals surface area contributed by atoms with Gasteiger partial charge in [0, 0.05) is 18.7 Å². The lowest BCUT2D eigenvalue weighted by Gasteiger charge is -2.41. The Hall–Kier alpha value is -3.09. The van der Waals surface area contributed by atoms with Crippen molar-refractivity contribution < 1.29 is 18.8 Å². The normalized spacial score (nSPS) is 22.1. The maximum absolute atomic E-state index is 13.4. The number of hydrogen-bond donors (Lipinski definition) is 1. The Morgan fingerprint density at radius 3 is 2.48 bits per heavy atom. The van der Waals surface area contributed by atoms with E-state index in [9.17, 15) is 14.4 Å². The molecule has 0 saturated carbocycles. The van der Waals surface area contributed by atoms with E-state index in [0.29, 0.717) is 43.7 Å². The van der Waals surface area contributed by atoms with E-state index in [-0.39, 0.29) is 30.3 Å². The summed E-state index contributed by atoms with van der Waals surface area (Å²) in [5.41, 5.74) is 0.894. The lowest BCUT2D eigenvalue weighted by Crippen LogP contribution is -2.56. The van der Waals surface area contributed by atoms with Gasteiger partial charge in [-0.1, -0.05) is 31.0 Å². The smallest absolute Gasteiger partial charge is 0.325 e. The van der Waals surface area contributed by atoms with Crippen molar-refractivity contribution in [1.82, 2.24) is 15.1 Å². The highest BCUT2D eigenvalue weighted by molar-refractivity contribution is 6.07. The fraction of sp³-hybridized carbons (Fsp3) is 0.458. The quantitative estimate of drug-likeness (QED) is 0.718. The summed E-state index contributed by atoms with van der Waals surface area (Å²) in [5, 5.41) is 3.02. The molecule has 2 aliphatic heterocycles. The average Bonchev–Trinajstić information content (AvgIpc) is 3.37. The molecule has 2 saturated heterocycles. The summed E-state index contributed by atoms with van der Waals surface area (Å²) in [7, 11) is 0. The van der Waals surface area contributed by atoms with Crippen LogP contribution in [0.25, 0.3) is 0 Å². The Morgan fingerprint density at radius 1 is 1.16 bits per heavy atom. The summed E-state index contributed by atoms with van der Waals surface area (Å²) in [6, 6.07) is 10.7. The van der Waals surface area contributed by atoms with Crippen molar-refractivity contribution >= 4 is 17.8 Å². The van der Waals surface area contributed by atoms with Gasteiger partial charge in [-0.15, -0.1) is 0 Å². The number of nitrogens with zero attached hydrogens (tertiary/aromatic N) is 2. The van der Waals surface area contributed by atoms with Gasteiger partial charge in [0.2, 0.25) is 0 Å². The lowest BCUT2D eigenvalue weighted by molar-refractivity contribution is -0.134. The highest BCUT2D eigenvalue weighted by atomic mass is 16.3. The fourth-order valence-corrected chi connectivity index (χ4v) is 4.85. The first-order valence-corrected chi connectivity index (χ1v) is 11.0. The van der Waals surface area contributed by atoms with Crippen molar-refractivity contribution in [3.63, 3.8) is 0 Å². The van der Waals surface area contributed by atoms with Crippen molar-refractivity contribution in [2.45, 2.75) is 51.6 Å². The van der Waals surface area contributed by atoms with Crippen LogP contribution in [0.2, 0.25) is 0 Å². The van der Waals surface area contributed by atoms with E-state index < -0.39 is 5.54 Å². The minimum absolute atomic E-state index is 0.00688. The van der Waals surface area contributed by atoms with Crippen LogP contribution in [0.5, 0.6) is 0 Å². The molecule has 31 heavy (non-hydrogen) atoms. The van der Waals surface area contributed by atoms with Gasteiger partial charge in [-0.2, -0.15) is 0 Å². The zero-order chi connectivity index (χ0) is 22.0. The molecule has 1 unspecified atom stereocenters. The van der Waals surface area contributed by atoms with E-state index in [1.54, 1.807) is 12.1 Å². The van der Waals surface area contributed by atoms with Gasteiger partial charge in [0.1, 0.15) is 11.3 Å². The van der Waals surface area contributed by atoms with Crippen LogP contribution < -0.4 is 5.32 Å². The number of rotatable bonds is 6. The van der Waals surface area contributed by atoms with Crippen LogP contribution in [0, 0.1) is 12.8 Å². The molecule has 0 spiro atoms. The van der Waals surface area contributed by atoms with E-state index in [1.165, 1.54) is 11.2 Å². The number of imide groups is 1.